The third-order valence-electron chi connectivity index (χ3n) is 7.30. The van der Waals surface area contributed by atoms with Gasteiger partial charge in [-0.25, -0.2) is 4.79 Å². The number of phenolic OH excluding ortho intramolecular Hbond substituents is 1. The Morgan fingerprint density at radius 1 is 0.911 bits per heavy atom. The fourth-order valence-corrected chi connectivity index (χ4v) is 5.02. The van der Waals surface area contributed by atoms with Gasteiger partial charge in [-0.15, -0.1) is 0 Å². The number of rotatable bonds is 14. The van der Waals surface area contributed by atoms with Crippen LogP contribution < -0.4 is 15.4 Å². The molecule has 0 saturated carbocycles. The molecular weight excluding hydrogens is 570 g/mol. The van der Waals surface area contributed by atoms with E-state index in [-0.39, 0.29) is 18.1 Å². The highest BCUT2D eigenvalue weighted by Gasteiger charge is 2.37. The van der Waals surface area contributed by atoms with Gasteiger partial charge in [0.05, 0.1) is 7.11 Å². The van der Waals surface area contributed by atoms with Crippen molar-refractivity contribution in [3.63, 3.8) is 0 Å². The first-order valence-corrected chi connectivity index (χ1v) is 15.5. The van der Waals surface area contributed by atoms with Crippen LogP contribution in [0.5, 0.6) is 11.5 Å². The normalized spacial score (nSPS) is 12.5. The highest BCUT2D eigenvalue weighted by molar-refractivity contribution is 5.99. The van der Waals surface area contributed by atoms with E-state index in [9.17, 15) is 19.5 Å². The lowest BCUT2D eigenvalue weighted by Crippen LogP contribution is -2.53. The second-order valence-corrected chi connectivity index (χ2v) is 12.1. The number of aryl methyl sites for hydroxylation is 1. The van der Waals surface area contributed by atoms with E-state index in [0.29, 0.717) is 30.0 Å². The predicted octanol–water partition coefficient (Wildman–Crippen LogP) is 6.93. The minimum atomic E-state index is -1.05. The number of ether oxygens (including phenoxy) is 2. The summed E-state index contributed by atoms with van der Waals surface area (Å²) in [5.74, 6) is -0.0434. The van der Waals surface area contributed by atoms with Crippen molar-refractivity contribution >= 4 is 23.6 Å². The van der Waals surface area contributed by atoms with Gasteiger partial charge in [0.15, 0.2) is 0 Å². The number of phenols is 1. The summed E-state index contributed by atoms with van der Waals surface area (Å²) >= 11 is 0. The van der Waals surface area contributed by atoms with Crippen molar-refractivity contribution in [2.75, 3.05) is 19.0 Å². The van der Waals surface area contributed by atoms with Crippen LogP contribution in [-0.2, 0) is 20.7 Å². The highest BCUT2D eigenvalue weighted by Crippen LogP contribution is 2.29. The lowest BCUT2D eigenvalue weighted by molar-refractivity contribution is -0.140. The maximum atomic E-state index is 14.7. The Balaban J connectivity index is 2.07. The molecule has 3 amide bonds. The zero-order valence-electron chi connectivity index (χ0n) is 27.3. The molecule has 2 atom stereocenters. The molecule has 45 heavy (non-hydrogen) atoms. The van der Waals surface area contributed by atoms with Crippen molar-refractivity contribution in [2.45, 2.75) is 84.4 Å². The zero-order chi connectivity index (χ0) is 33.0. The van der Waals surface area contributed by atoms with Crippen LogP contribution in [0.25, 0.3) is 0 Å². The van der Waals surface area contributed by atoms with Crippen LogP contribution in [0.4, 0.5) is 10.5 Å². The topological polar surface area (TPSA) is 117 Å². The number of alkyl carbamates (subject to hydrolysis) is 1. The molecule has 0 aliphatic carbocycles. The number of methoxy groups -OCH3 is 1. The van der Waals surface area contributed by atoms with Crippen LogP contribution in [-0.4, -0.2) is 53.2 Å². The molecule has 3 aromatic carbocycles. The Labute approximate surface area is 266 Å². The average molecular weight is 618 g/mol. The Hall–Kier alpha value is -4.53. The number of anilines is 1. The SMILES string of the molecule is CCCCCCN(C(=O)C(Cc1ccc(O)cc1)NC(=O)OC(C)(C)C)C(C(=O)Nc1ccc(OC)cc1)c1ccccc1C. The Morgan fingerprint density at radius 2 is 1.58 bits per heavy atom. The highest BCUT2D eigenvalue weighted by atomic mass is 16.6. The van der Waals surface area contributed by atoms with Gasteiger partial charge in [0, 0.05) is 18.7 Å². The maximum absolute atomic E-state index is 14.7. The standard InChI is InChI=1S/C36H47N3O6/c1-7-8-9-12-23-39(34(42)31(38-35(43)45-36(3,4)5)24-26-15-19-28(40)20-16-26)32(30-14-11-10-13-25(30)2)33(41)37-27-17-21-29(44-6)22-18-27/h10-11,13-22,31-32,40H,7-9,12,23-24H2,1-6H3,(H,37,41)(H,38,43). The summed E-state index contributed by atoms with van der Waals surface area (Å²) in [6.45, 7) is 9.58. The molecule has 3 rings (SSSR count). The predicted molar refractivity (Wildman–Crippen MR) is 176 cm³/mol. The number of benzene rings is 3. The van der Waals surface area contributed by atoms with Crippen molar-refractivity contribution in [1.82, 2.24) is 10.2 Å². The summed E-state index contributed by atoms with van der Waals surface area (Å²) in [5.41, 5.74) is 2.05. The van der Waals surface area contributed by atoms with Crippen LogP contribution in [0.2, 0.25) is 0 Å². The second kappa shape index (κ2) is 16.5. The number of hydrogen-bond donors (Lipinski definition) is 3. The minimum Gasteiger partial charge on any atom is -0.508 e. The molecule has 9 nitrogen and oxygen atoms in total. The molecule has 2 unspecified atom stereocenters. The Bertz CT molecular complexity index is 1400. The number of nitrogens with zero attached hydrogens (tertiary/aromatic N) is 1. The second-order valence-electron chi connectivity index (χ2n) is 12.1. The monoisotopic (exact) mass is 617 g/mol. The maximum Gasteiger partial charge on any atom is 0.408 e. The van der Waals surface area contributed by atoms with E-state index in [0.717, 1.165) is 30.4 Å². The number of hydrogen-bond acceptors (Lipinski definition) is 6. The Kier molecular flexibility index (Phi) is 12.8. The third-order valence-corrected chi connectivity index (χ3v) is 7.30. The Morgan fingerprint density at radius 3 is 2.18 bits per heavy atom. The zero-order valence-corrected chi connectivity index (χ0v) is 27.3. The first kappa shape index (κ1) is 35.0. The lowest BCUT2D eigenvalue weighted by atomic mass is 9.96. The largest absolute Gasteiger partial charge is 0.508 e. The fraction of sp³-hybridized carbons (Fsp3) is 0.417. The van der Waals surface area contributed by atoms with Gasteiger partial charge in [-0.3, -0.25) is 9.59 Å². The van der Waals surface area contributed by atoms with Gasteiger partial charge in [0.2, 0.25) is 5.91 Å². The van der Waals surface area contributed by atoms with E-state index in [1.807, 2.05) is 31.2 Å². The van der Waals surface area contributed by atoms with Crippen molar-refractivity contribution in [2.24, 2.45) is 0 Å². The number of aromatic hydroxyl groups is 1. The van der Waals surface area contributed by atoms with Gasteiger partial charge >= 0.3 is 6.09 Å². The van der Waals surface area contributed by atoms with Crippen molar-refractivity contribution in [3.05, 3.63) is 89.5 Å². The summed E-state index contributed by atoms with van der Waals surface area (Å²) in [6.07, 6.45) is 2.95. The summed E-state index contributed by atoms with van der Waals surface area (Å²) in [5, 5.41) is 15.6. The van der Waals surface area contributed by atoms with Gasteiger partial charge in [-0.1, -0.05) is 62.6 Å². The molecule has 3 aromatic rings. The van der Waals surface area contributed by atoms with Gasteiger partial charge in [-0.2, -0.15) is 0 Å². The van der Waals surface area contributed by atoms with E-state index in [1.54, 1.807) is 69.2 Å². The van der Waals surface area contributed by atoms with Gasteiger partial charge in [-0.05, 0) is 87.2 Å². The molecule has 3 N–H and O–H groups in total. The third kappa shape index (κ3) is 10.8. The first-order chi connectivity index (χ1) is 21.4. The molecule has 0 bridgehead atoms. The fourth-order valence-electron chi connectivity index (χ4n) is 5.02. The quantitative estimate of drug-likeness (QED) is 0.169. The molecule has 0 fully saturated rings. The van der Waals surface area contributed by atoms with Crippen LogP contribution in [0.3, 0.4) is 0 Å². The number of unbranched alkanes of at least 4 members (excludes halogenated alkanes) is 3. The van der Waals surface area contributed by atoms with E-state index < -0.39 is 29.7 Å². The summed E-state index contributed by atoms with van der Waals surface area (Å²) in [7, 11) is 1.57. The molecule has 0 aliphatic heterocycles. The number of carbonyl (C=O) groups excluding carboxylic acids is 3. The molecular formula is C36H47N3O6. The smallest absolute Gasteiger partial charge is 0.408 e. The van der Waals surface area contributed by atoms with Crippen molar-refractivity contribution in [3.8, 4) is 11.5 Å². The molecule has 0 heterocycles. The molecule has 0 radical (unpaired) electrons. The van der Waals surface area contributed by atoms with Crippen LogP contribution in [0, 0.1) is 6.92 Å². The summed E-state index contributed by atoms with van der Waals surface area (Å²) < 4.78 is 10.8. The van der Waals surface area contributed by atoms with Gasteiger partial charge in [0.25, 0.3) is 5.91 Å². The minimum absolute atomic E-state index is 0.0918. The van der Waals surface area contributed by atoms with Crippen LogP contribution in [0.15, 0.2) is 72.8 Å². The van der Waals surface area contributed by atoms with Crippen molar-refractivity contribution < 1.29 is 29.0 Å². The lowest BCUT2D eigenvalue weighted by Gasteiger charge is -2.35. The van der Waals surface area contributed by atoms with E-state index in [1.165, 1.54) is 12.1 Å². The molecule has 9 heteroatoms. The molecule has 0 aromatic heterocycles. The van der Waals surface area contributed by atoms with E-state index in [2.05, 4.69) is 17.6 Å². The van der Waals surface area contributed by atoms with Gasteiger partial charge < -0.3 is 30.1 Å². The first-order valence-electron chi connectivity index (χ1n) is 15.5. The number of nitrogens with one attached hydrogen (secondary N) is 2. The van der Waals surface area contributed by atoms with E-state index in [4.69, 9.17) is 9.47 Å². The molecule has 0 saturated heterocycles. The van der Waals surface area contributed by atoms with E-state index >= 15 is 0 Å². The average Bonchev–Trinajstić information content (AvgIpc) is 2.99. The molecule has 242 valence electrons. The molecule has 0 aliphatic rings. The van der Waals surface area contributed by atoms with Gasteiger partial charge in [0.1, 0.15) is 29.2 Å². The summed E-state index contributed by atoms with van der Waals surface area (Å²) in [4.78, 5) is 43.5. The van der Waals surface area contributed by atoms with Crippen LogP contribution in [0.1, 0.15) is 76.1 Å². The summed E-state index contributed by atoms with van der Waals surface area (Å²) in [6, 6.07) is 19.0. The van der Waals surface area contributed by atoms with Crippen LogP contribution >= 0.6 is 0 Å². The molecule has 0 spiro atoms. The van der Waals surface area contributed by atoms with Crippen molar-refractivity contribution in [1.29, 1.82) is 0 Å². The number of carbonyl (C=O) groups is 3. The number of amides is 3.